The third-order valence-electron chi connectivity index (χ3n) is 3.22. The number of aliphatic hydroxyl groups excluding tert-OH is 1. The lowest BCUT2D eigenvalue weighted by Crippen LogP contribution is -1.98. The number of hydrogen-bond acceptors (Lipinski definition) is 4. The Hall–Kier alpha value is -2.20. The van der Waals surface area contributed by atoms with Crippen molar-refractivity contribution in [1.29, 1.82) is 0 Å². The summed E-state index contributed by atoms with van der Waals surface area (Å²) in [7, 11) is 3.22. The molecule has 0 bridgehead atoms. The Labute approximate surface area is 124 Å². The average Bonchev–Trinajstić information content (AvgIpc) is 2.52. The smallest absolute Gasteiger partial charge is 0.161 e. The molecule has 0 heterocycles. The highest BCUT2D eigenvalue weighted by atomic mass is 16.5. The average molecular weight is 288 g/mol. The van der Waals surface area contributed by atoms with Gasteiger partial charge in [0.15, 0.2) is 11.5 Å². The second-order valence-corrected chi connectivity index (χ2v) is 4.72. The van der Waals surface area contributed by atoms with Crippen molar-refractivity contribution >= 4 is 0 Å². The monoisotopic (exact) mass is 288 g/mol. The van der Waals surface area contributed by atoms with Crippen molar-refractivity contribution in [2.45, 2.75) is 19.6 Å². The summed E-state index contributed by atoms with van der Waals surface area (Å²) in [6.07, 6.45) is -0.468. The summed E-state index contributed by atoms with van der Waals surface area (Å²) in [4.78, 5) is 0. The van der Waals surface area contributed by atoms with E-state index in [4.69, 9.17) is 14.2 Å². The van der Waals surface area contributed by atoms with E-state index in [1.54, 1.807) is 21.1 Å². The SMILES string of the molecule is COc1ccc(COc2ccc([C@@H](C)O)cc2)cc1OC. The summed E-state index contributed by atoms with van der Waals surface area (Å²) in [6.45, 7) is 2.17. The molecule has 0 saturated heterocycles. The Kier molecular flexibility index (Phi) is 5.06. The van der Waals surface area contributed by atoms with E-state index in [0.29, 0.717) is 18.1 Å². The summed E-state index contributed by atoms with van der Waals surface area (Å²) in [5.41, 5.74) is 1.86. The van der Waals surface area contributed by atoms with Gasteiger partial charge >= 0.3 is 0 Å². The highest BCUT2D eigenvalue weighted by Gasteiger charge is 2.05. The lowest BCUT2D eigenvalue weighted by atomic mass is 10.1. The normalized spacial score (nSPS) is 11.8. The first kappa shape index (κ1) is 15.2. The van der Waals surface area contributed by atoms with E-state index in [2.05, 4.69) is 0 Å². The molecule has 0 aliphatic carbocycles. The molecule has 0 aliphatic rings. The minimum atomic E-state index is -0.468. The summed E-state index contributed by atoms with van der Waals surface area (Å²) < 4.78 is 16.2. The van der Waals surface area contributed by atoms with E-state index in [1.165, 1.54) is 0 Å². The summed E-state index contributed by atoms with van der Waals surface area (Å²) in [5.74, 6) is 2.14. The van der Waals surface area contributed by atoms with E-state index >= 15 is 0 Å². The van der Waals surface area contributed by atoms with Crippen molar-refractivity contribution in [2.24, 2.45) is 0 Å². The number of aliphatic hydroxyl groups is 1. The van der Waals surface area contributed by atoms with Crippen molar-refractivity contribution in [1.82, 2.24) is 0 Å². The second-order valence-electron chi connectivity index (χ2n) is 4.72. The van der Waals surface area contributed by atoms with Crippen molar-refractivity contribution in [3.8, 4) is 17.2 Å². The molecular weight excluding hydrogens is 268 g/mol. The second kappa shape index (κ2) is 6.99. The molecule has 0 spiro atoms. The number of rotatable bonds is 6. The van der Waals surface area contributed by atoms with E-state index in [9.17, 15) is 5.11 Å². The lowest BCUT2D eigenvalue weighted by Gasteiger charge is -2.11. The van der Waals surface area contributed by atoms with Crippen LogP contribution in [-0.4, -0.2) is 19.3 Å². The van der Waals surface area contributed by atoms with Crippen molar-refractivity contribution in [3.05, 3.63) is 53.6 Å². The summed E-state index contributed by atoms with van der Waals surface area (Å²) in [6, 6.07) is 13.1. The van der Waals surface area contributed by atoms with E-state index in [1.807, 2.05) is 42.5 Å². The van der Waals surface area contributed by atoms with Gasteiger partial charge in [-0.2, -0.15) is 0 Å². The molecule has 0 saturated carbocycles. The quantitative estimate of drug-likeness (QED) is 0.885. The van der Waals surface area contributed by atoms with Crippen LogP contribution in [0.2, 0.25) is 0 Å². The Morgan fingerprint density at radius 2 is 1.62 bits per heavy atom. The number of ether oxygens (including phenoxy) is 3. The molecule has 1 atom stereocenters. The molecule has 0 fully saturated rings. The van der Waals surface area contributed by atoms with Crippen LogP contribution in [0, 0.1) is 0 Å². The number of methoxy groups -OCH3 is 2. The van der Waals surface area contributed by atoms with Crippen LogP contribution in [0.4, 0.5) is 0 Å². The first-order valence-electron chi connectivity index (χ1n) is 6.75. The summed E-state index contributed by atoms with van der Waals surface area (Å²) in [5, 5.41) is 9.46. The van der Waals surface area contributed by atoms with Gasteiger partial charge in [0.25, 0.3) is 0 Å². The van der Waals surface area contributed by atoms with Crippen LogP contribution in [0.15, 0.2) is 42.5 Å². The Bertz CT molecular complexity index is 576. The first-order valence-corrected chi connectivity index (χ1v) is 6.75. The van der Waals surface area contributed by atoms with Crippen molar-refractivity contribution in [2.75, 3.05) is 14.2 Å². The van der Waals surface area contributed by atoms with Crippen LogP contribution in [0.5, 0.6) is 17.2 Å². The van der Waals surface area contributed by atoms with Crippen LogP contribution in [0.3, 0.4) is 0 Å². The van der Waals surface area contributed by atoms with E-state index in [0.717, 1.165) is 16.9 Å². The van der Waals surface area contributed by atoms with Gasteiger partial charge < -0.3 is 19.3 Å². The summed E-state index contributed by atoms with van der Waals surface area (Å²) >= 11 is 0. The number of benzene rings is 2. The van der Waals surface area contributed by atoms with E-state index < -0.39 is 6.10 Å². The van der Waals surface area contributed by atoms with Crippen LogP contribution < -0.4 is 14.2 Å². The standard InChI is InChI=1S/C17H20O4/c1-12(18)14-5-7-15(8-6-14)21-11-13-4-9-16(19-2)17(10-13)20-3/h4-10,12,18H,11H2,1-3H3/t12-/m1/s1. The van der Waals surface area contributed by atoms with Gasteiger partial charge in [-0.05, 0) is 42.3 Å². The van der Waals surface area contributed by atoms with Gasteiger partial charge in [0, 0.05) is 0 Å². The van der Waals surface area contributed by atoms with E-state index in [-0.39, 0.29) is 0 Å². The van der Waals surface area contributed by atoms with Gasteiger partial charge in [-0.25, -0.2) is 0 Å². The minimum Gasteiger partial charge on any atom is -0.493 e. The maximum Gasteiger partial charge on any atom is 0.161 e. The van der Waals surface area contributed by atoms with Gasteiger partial charge in [0.1, 0.15) is 12.4 Å². The largest absolute Gasteiger partial charge is 0.493 e. The molecule has 0 amide bonds. The molecule has 4 nitrogen and oxygen atoms in total. The van der Waals surface area contributed by atoms with Gasteiger partial charge in [0.2, 0.25) is 0 Å². The van der Waals surface area contributed by atoms with Gasteiger partial charge in [-0.15, -0.1) is 0 Å². The molecule has 2 aromatic rings. The molecule has 0 unspecified atom stereocenters. The fourth-order valence-corrected chi connectivity index (χ4v) is 1.98. The molecule has 4 heteroatoms. The zero-order chi connectivity index (χ0) is 15.2. The van der Waals surface area contributed by atoms with Crippen molar-refractivity contribution < 1.29 is 19.3 Å². The molecule has 0 radical (unpaired) electrons. The highest BCUT2D eigenvalue weighted by Crippen LogP contribution is 2.28. The maximum absolute atomic E-state index is 9.46. The molecule has 112 valence electrons. The van der Waals surface area contributed by atoms with Crippen LogP contribution in [-0.2, 0) is 6.61 Å². The molecule has 2 aromatic carbocycles. The lowest BCUT2D eigenvalue weighted by molar-refractivity contribution is 0.199. The predicted octanol–water partition coefficient (Wildman–Crippen LogP) is 3.34. The van der Waals surface area contributed by atoms with Crippen molar-refractivity contribution in [3.63, 3.8) is 0 Å². The van der Waals surface area contributed by atoms with Gasteiger partial charge in [-0.3, -0.25) is 0 Å². The molecular formula is C17H20O4. The third kappa shape index (κ3) is 3.89. The van der Waals surface area contributed by atoms with Crippen LogP contribution >= 0.6 is 0 Å². The molecule has 0 aliphatic heterocycles. The zero-order valence-corrected chi connectivity index (χ0v) is 12.5. The molecule has 1 N–H and O–H groups in total. The molecule has 2 rings (SSSR count). The zero-order valence-electron chi connectivity index (χ0n) is 12.5. The molecule has 21 heavy (non-hydrogen) atoms. The van der Waals surface area contributed by atoms with Gasteiger partial charge in [-0.1, -0.05) is 18.2 Å². The van der Waals surface area contributed by atoms with Crippen LogP contribution in [0.25, 0.3) is 0 Å². The third-order valence-corrected chi connectivity index (χ3v) is 3.22. The maximum atomic E-state index is 9.46. The topological polar surface area (TPSA) is 47.9 Å². The fourth-order valence-electron chi connectivity index (χ4n) is 1.98. The predicted molar refractivity (Wildman–Crippen MR) is 81.0 cm³/mol. The first-order chi connectivity index (χ1) is 10.1. The minimum absolute atomic E-state index is 0.439. The molecule has 0 aromatic heterocycles. The fraction of sp³-hybridized carbons (Fsp3) is 0.294. The Morgan fingerprint density at radius 3 is 2.19 bits per heavy atom. The highest BCUT2D eigenvalue weighted by molar-refractivity contribution is 5.42. The number of hydrogen-bond donors (Lipinski definition) is 1. The Morgan fingerprint density at radius 1 is 0.952 bits per heavy atom. The Balaban J connectivity index is 2.02. The van der Waals surface area contributed by atoms with Crippen LogP contribution in [0.1, 0.15) is 24.2 Å². The van der Waals surface area contributed by atoms with Gasteiger partial charge in [0.05, 0.1) is 20.3 Å².